The Bertz CT molecular complexity index is 1070. The Labute approximate surface area is 179 Å². The number of rotatable bonds is 8. The minimum absolute atomic E-state index is 0.0142. The van der Waals surface area contributed by atoms with Gasteiger partial charge >= 0.3 is 0 Å². The molecule has 29 heavy (non-hydrogen) atoms. The third-order valence-corrected chi connectivity index (χ3v) is 6.35. The fraction of sp³-hybridized carbons (Fsp3) is 0.150. The van der Waals surface area contributed by atoms with Crippen molar-refractivity contribution in [3.05, 3.63) is 88.3 Å². The number of nitrogens with one attached hydrogen (secondary N) is 1. The van der Waals surface area contributed by atoms with E-state index in [1.54, 1.807) is 36.4 Å². The molecule has 1 N–H and O–H groups in total. The number of amides is 1. The van der Waals surface area contributed by atoms with Gasteiger partial charge in [0.1, 0.15) is 5.76 Å². The van der Waals surface area contributed by atoms with Crippen molar-refractivity contribution < 1.29 is 17.6 Å². The minimum atomic E-state index is -3.95. The summed E-state index contributed by atoms with van der Waals surface area (Å²) in [4.78, 5) is 12.5. The monoisotopic (exact) mass is 452 g/mol. The molecule has 0 radical (unpaired) electrons. The topological polar surface area (TPSA) is 79.6 Å². The fourth-order valence-corrected chi connectivity index (χ4v) is 4.36. The molecule has 0 atom stereocenters. The molecule has 0 aliphatic heterocycles. The second kappa shape index (κ2) is 9.45. The van der Waals surface area contributed by atoms with Crippen molar-refractivity contribution in [2.45, 2.75) is 18.0 Å². The van der Waals surface area contributed by atoms with E-state index in [4.69, 9.17) is 27.6 Å². The van der Waals surface area contributed by atoms with Crippen molar-refractivity contribution in [1.29, 1.82) is 0 Å². The predicted octanol–water partition coefficient (Wildman–Crippen LogP) is 4.09. The molecule has 3 aromatic rings. The highest BCUT2D eigenvalue weighted by atomic mass is 35.5. The first-order valence-electron chi connectivity index (χ1n) is 8.64. The normalized spacial score (nSPS) is 11.6. The molecule has 1 amide bonds. The predicted molar refractivity (Wildman–Crippen MR) is 111 cm³/mol. The average molecular weight is 453 g/mol. The van der Waals surface area contributed by atoms with Gasteiger partial charge in [0.05, 0.1) is 24.2 Å². The molecule has 3 rings (SSSR count). The van der Waals surface area contributed by atoms with E-state index < -0.39 is 15.9 Å². The lowest BCUT2D eigenvalue weighted by Crippen LogP contribution is -2.40. The lowest BCUT2D eigenvalue weighted by atomic mass is 10.2. The van der Waals surface area contributed by atoms with Crippen molar-refractivity contribution in [3.63, 3.8) is 0 Å². The summed E-state index contributed by atoms with van der Waals surface area (Å²) in [6.07, 6.45) is 1.50. The molecule has 0 saturated heterocycles. The van der Waals surface area contributed by atoms with Crippen LogP contribution in [0.25, 0.3) is 0 Å². The van der Waals surface area contributed by atoms with Crippen LogP contribution in [-0.2, 0) is 27.9 Å². The Morgan fingerprint density at radius 2 is 1.76 bits per heavy atom. The van der Waals surface area contributed by atoms with Crippen LogP contribution >= 0.6 is 23.2 Å². The fourth-order valence-electron chi connectivity index (χ4n) is 2.64. The lowest BCUT2D eigenvalue weighted by molar-refractivity contribution is -0.121. The van der Waals surface area contributed by atoms with E-state index in [0.717, 1.165) is 4.31 Å². The number of nitrogens with zero attached hydrogens (tertiary/aromatic N) is 1. The van der Waals surface area contributed by atoms with Crippen molar-refractivity contribution in [1.82, 2.24) is 9.62 Å². The molecule has 0 saturated carbocycles. The molecular formula is C20H18Cl2N2O4S. The summed E-state index contributed by atoms with van der Waals surface area (Å²) in [6.45, 7) is -0.213. The Morgan fingerprint density at radius 3 is 2.41 bits per heavy atom. The van der Waals surface area contributed by atoms with Crippen LogP contribution in [-0.4, -0.2) is 25.2 Å². The van der Waals surface area contributed by atoms with Gasteiger partial charge in [0.25, 0.3) is 0 Å². The van der Waals surface area contributed by atoms with E-state index in [1.165, 1.54) is 30.5 Å². The van der Waals surface area contributed by atoms with E-state index >= 15 is 0 Å². The zero-order valence-corrected chi connectivity index (χ0v) is 17.5. The van der Waals surface area contributed by atoms with E-state index in [2.05, 4.69) is 5.32 Å². The molecule has 0 unspecified atom stereocenters. The zero-order chi connectivity index (χ0) is 20.9. The molecule has 6 nitrogen and oxygen atoms in total. The van der Waals surface area contributed by atoms with Crippen LogP contribution in [0, 0.1) is 0 Å². The maximum atomic E-state index is 13.2. The number of benzene rings is 2. The molecular weight excluding hydrogens is 435 g/mol. The van der Waals surface area contributed by atoms with Gasteiger partial charge in [-0.15, -0.1) is 0 Å². The van der Waals surface area contributed by atoms with E-state index in [0.29, 0.717) is 21.4 Å². The van der Waals surface area contributed by atoms with Gasteiger partial charge in [0, 0.05) is 16.6 Å². The van der Waals surface area contributed by atoms with Crippen molar-refractivity contribution in [3.8, 4) is 0 Å². The zero-order valence-electron chi connectivity index (χ0n) is 15.2. The number of sulfonamides is 1. The van der Waals surface area contributed by atoms with Gasteiger partial charge in [0.2, 0.25) is 15.9 Å². The third-order valence-electron chi connectivity index (χ3n) is 4.06. The number of halogens is 2. The van der Waals surface area contributed by atoms with Crippen LogP contribution in [0.3, 0.4) is 0 Å². The Morgan fingerprint density at radius 1 is 1.00 bits per heavy atom. The van der Waals surface area contributed by atoms with E-state index in [-0.39, 0.29) is 24.5 Å². The number of hydrogen-bond donors (Lipinski definition) is 1. The Balaban J connectivity index is 1.82. The van der Waals surface area contributed by atoms with Gasteiger partial charge in [-0.05, 0) is 54.1 Å². The number of hydrogen-bond acceptors (Lipinski definition) is 4. The van der Waals surface area contributed by atoms with Gasteiger partial charge < -0.3 is 9.73 Å². The second-order valence-electron chi connectivity index (χ2n) is 6.21. The SMILES string of the molecule is O=C(CN(Cc1cccc(Cl)c1)S(=O)(=O)c1ccc(Cl)cc1)NCc1ccco1. The van der Waals surface area contributed by atoms with E-state index in [9.17, 15) is 13.2 Å². The lowest BCUT2D eigenvalue weighted by Gasteiger charge is -2.22. The molecule has 9 heteroatoms. The molecule has 0 aliphatic rings. The third kappa shape index (κ3) is 5.83. The molecule has 0 bridgehead atoms. The first-order valence-corrected chi connectivity index (χ1v) is 10.8. The molecule has 0 aliphatic carbocycles. The van der Waals surface area contributed by atoms with E-state index in [1.807, 2.05) is 0 Å². The summed E-state index contributed by atoms with van der Waals surface area (Å²) in [7, 11) is -3.95. The Kier molecular flexibility index (Phi) is 6.97. The summed E-state index contributed by atoms with van der Waals surface area (Å²) in [5.74, 6) is 0.112. The van der Waals surface area contributed by atoms with Gasteiger partial charge in [-0.1, -0.05) is 35.3 Å². The van der Waals surface area contributed by atoms with Crippen molar-refractivity contribution >= 4 is 39.1 Å². The number of carbonyl (C=O) groups excluding carboxylic acids is 1. The quantitative estimate of drug-likeness (QED) is 0.557. The maximum Gasteiger partial charge on any atom is 0.243 e. The van der Waals surface area contributed by atoms with Crippen LogP contribution in [0.4, 0.5) is 0 Å². The molecule has 2 aromatic carbocycles. The van der Waals surface area contributed by atoms with Gasteiger partial charge in [-0.25, -0.2) is 8.42 Å². The molecule has 152 valence electrons. The maximum absolute atomic E-state index is 13.2. The van der Waals surface area contributed by atoms with Crippen LogP contribution < -0.4 is 5.32 Å². The molecule has 1 heterocycles. The number of furan rings is 1. The summed E-state index contributed by atoms with van der Waals surface area (Å²) in [5.41, 5.74) is 0.661. The van der Waals surface area contributed by atoms with Crippen molar-refractivity contribution in [2.75, 3.05) is 6.54 Å². The second-order valence-corrected chi connectivity index (χ2v) is 9.02. The summed E-state index contributed by atoms with van der Waals surface area (Å²) in [5, 5.41) is 3.56. The molecule has 0 spiro atoms. The summed E-state index contributed by atoms with van der Waals surface area (Å²) < 4.78 is 32.6. The number of carbonyl (C=O) groups is 1. The van der Waals surface area contributed by atoms with Gasteiger partial charge in [-0.3, -0.25) is 4.79 Å². The largest absolute Gasteiger partial charge is 0.467 e. The summed E-state index contributed by atoms with van der Waals surface area (Å²) >= 11 is 11.9. The van der Waals surface area contributed by atoms with Crippen LogP contribution in [0.1, 0.15) is 11.3 Å². The Hall–Kier alpha value is -2.32. The van der Waals surface area contributed by atoms with Crippen LogP contribution in [0.5, 0.6) is 0 Å². The first-order chi connectivity index (χ1) is 13.8. The smallest absolute Gasteiger partial charge is 0.243 e. The van der Waals surface area contributed by atoms with Crippen LogP contribution in [0.15, 0.2) is 76.2 Å². The highest BCUT2D eigenvalue weighted by Crippen LogP contribution is 2.21. The summed E-state index contributed by atoms with van der Waals surface area (Å²) in [6, 6.07) is 16.0. The highest BCUT2D eigenvalue weighted by Gasteiger charge is 2.27. The van der Waals surface area contributed by atoms with Gasteiger partial charge in [-0.2, -0.15) is 4.31 Å². The first kappa shape index (κ1) is 21.4. The van der Waals surface area contributed by atoms with Crippen LogP contribution in [0.2, 0.25) is 10.0 Å². The average Bonchev–Trinajstić information content (AvgIpc) is 3.20. The minimum Gasteiger partial charge on any atom is -0.467 e. The van der Waals surface area contributed by atoms with Gasteiger partial charge in [0.15, 0.2) is 0 Å². The molecule has 1 aromatic heterocycles. The van der Waals surface area contributed by atoms with Crippen molar-refractivity contribution in [2.24, 2.45) is 0 Å². The standard InChI is InChI=1S/C20H18Cl2N2O4S/c21-16-6-8-19(9-7-16)29(26,27)24(13-15-3-1-4-17(22)11-15)14-20(25)23-12-18-5-2-10-28-18/h1-11H,12-14H2,(H,23,25). The molecule has 0 fully saturated rings. The highest BCUT2D eigenvalue weighted by molar-refractivity contribution is 7.89.